The number of hydrogen-bond acceptors (Lipinski definition) is 3. The van der Waals surface area contributed by atoms with Crippen LogP contribution in [0.3, 0.4) is 0 Å². The zero-order valence-corrected chi connectivity index (χ0v) is 21.4. The number of methoxy groups -OCH3 is 1. The van der Waals surface area contributed by atoms with Gasteiger partial charge in [0, 0.05) is 24.0 Å². The fourth-order valence-electron chi connectivity index (χ4n) is 4.81. The molecule has 5 nitrogen and oxygen atoms in total. The average Bonchev–Trinajstić information content (AvgIpc) is 3.40. The first kappa shape index (κ1) is 25.8. The maximum absolute atomic E-state index is 13.8. The molecule has 1 aliphatic rings. The molecule has 6 heteroatoms. The van der Waals surface area contributed by atoms with Gasteiger partial charge in [0.1, 0.15) is 11.8 Å². The van der Waals surface area contributed by atoms with Gasteiger partial charge < -0.3 is 15.0 Å². The Morgan fingerprint density at radius 3 is 2.36 bits per heavy atom. The lowest BCUT2D eigenvalue weighted by atomic mass is 10.0. The fraction of sp³-hybridized carbons (Fsp3) is 0.333. The number of hydrogen-bond donors (Lipinski definition) is 1. The summed E-state index contributed by atoms with van der Waals surface area (Å²) in [6.45, 7) is 0.298. The van der Waals surface area contributed by atoms with E-state index in [1.54, 1.807) is 24.1 Å². The quantitative estimate of drug-likeness (QED) is 0.391. The molecule has 1 unspecified atom stereocenters. The van der Waals surface area contributed by atoms with E-state index in [1.807, 2.05) is 66.7 Å². The minimum absolute atomic E-state index is 0.104. The molecular formula is C30H33ClN2O3. The van der Waals surface area contributed by atoms with Gasteiger partial charge in [-0.1, -0.05) is 79.0 Å². The predicted octanol–water partition coefficient (Wildman–Crippen LogP) is 5.59. The molecule has 2 amide bonds. The van der Waals surface area contributed by atoms with Crippen LogP contribution in [0.25, 0.3) is 0 Å². The third-order valence-electron chi connectivity index (χ3n) is 6.70. The molecule has 0 bridgehead atoms. The molecule has 1 N–H and O–H groups in total. The molecular weight excluding hydrogens is 472 g/mol. The summed E-state index contributed by atoms with van der Waals surface area (Å²) in [5.41, 5.74) is 2.73. The Labute approximate surface area is 218 Å². The number of ether oxygens (including phenoxy) is 1. The number of rotatable bonds is 10. The van der Waals surface area contributed by atoms with Crippen molar-refractivity contribution >= 4 is 23.4 Å². The summed E-state index contributed by atoms with van der Waals surface area (Å²) in [6.07, 6.45) is 4.80. The Morgan fingerprint density at radius 1 is 0.944 bits per heavy atom. The van der Waals surface area contributed by atoms with E-state index in [4.69, 9.17) is 16.3 Å². The smallest absolute Gasteiger partial charge is 0.243 e. The summed E-state index contributed by atoms with van der Waals surface area (Å²) in [6, 6.07) is 24.3. The molecule has 1 saturated carbocycles. The van der Waals surface area contributed by atoms with Crippen molar-refractivity contribution in [2.75, 3.05) is 7.11 Å². The Kier molecular flexibility index (Phi) is 9.01. The second-order valence-electron chi connectivity index (χ2n) is 9.38. The Balaban J connectivity index is 1.67. The molecule has 4 rings (SSSR count). The van der Waals surface area contributed by atoms with Gasteiger partial charge in [-0.25, -0.2) is 0 Å². The second kappa shape index (κ2) is 12.6. The van der Waals surface area contributed by atoms with Crippen molar-refractivity contribution in [3.05, 3.63) is 101 Å². The van der Waals surface area contributed by atoms with Crippen LogP contribution in [0, 0.1) is 0 Å². The third kappa shape index (κ3) is 7.11. The summed E-state index contributed by atoms with van der Waals surface area (Å²) in [4.78, 5) is 29.3. The highest BCUT2D eigenvalue weighted by Crippen LogP contribution is 2.22. The number of nitrogens with zero attached hydrogens (tertiary/aromatic N) is 1. The lowest BCUT2D eigenvalue weighted by Crippen LogP contribution is -2.52. The standard InChI is InChI=1S/C30H33ClN2O3/c1-36-27-16-8-12-24(18-27)21-33(29(34)20-23-11-7-13-25(31)17-23)28(19-22-9-3-2-4-10-22)30(35)32-26-14-5-6-15-26/h2-4,7-13,16-18,26,28H,5-6,14-15,19-21H2,1H3,(H,32,35). The van der Waals surface area contributed by atoms with Gasteiger partial charge in [-0.15, -0.1) is 0 Å². The fourth-order valence-corrected chi connectivity index (χ4v) is 5.02. The van der Waals surface area contributed by atoms with Crippen LogP contribution < -0.4 is 10.1 Å². The van der Waals surface area contributed by atoms with Crippen LogP contribution in [-0.4, -0.2) is 35.9 Å². The first-order chi connectivity index (χ1) is 17.5. The van der Waals surface area contributed by atoms with Crippen LogP contribution in [0.15, 0.2) is 78.9 Å². The molecule has 3 aromatic rings. The summed E-state index contributed by atoms with van der Waals surface area (Å²) in [5.74, 6) is 0.487. The maximum atomic E-state index is 13.8. The summed E-state index contributed by atoms with van der Waals surface area (Å²) < 4.78 is 5.40. The van der Waals surface area contributed by atoms with E-state index < -0.39 is 6.04 Å². The highest BCUT2D eigenvalue weighted by Gasteiger charge is 2.32. The highest BCUT2D eigenvalue weighted by atomic mass is 35.5. The molecule has 0 radical (unpaired) electrons. The molecule has 36 heavy (non-hydrogen) atoms. The summed E-state index contributed by atoms with van der Waals surface area (Å²) in [5, 5.41) is 3.82. The largest absolute Gasteiger partial charge is 0.497 e. The van der Waals surface area contributed by atoms with Crippen LogP contribution in [-0.2, 0) is 29.0 Å². The first-order valence-electron chi connectivity index (χ1n) is 12.5. The van der Waals surface area contributed by atoms with E-state index in [1.165, 1.54) is 0 Å². The van der Waals surface area contributed by atoms with Gasteiger partial charge >= 0.3 is 0 Å². The zero-order valence-electron chi connectivity index (χ0n) is 20.7. The van der Waals surface area contributed by atoms with Gasteiger partial charge in [-0.3, -0.25) is 9.59 Å². The topological polar surface area (TPSA) is 58.6 Å². The van der Waals surface area contributed by atoms with Crippen molar-refractivity contribution in [3.8, 4) is 5.75 Å². The maximum Gasteiger partial charge on any atom is 0.243 e. The molecule has 188 valence electrons. The van der Waals surface area contributed by atoms with Crippen molar-refractivity contribution in [1.29, 1.82) is 0 Å². The number of halogens is 1. The third-order valence-corrected chi connectivity index (χ3v) is 6.94. The second-order valence-corrected chi connectivity index (χ2v) is 9.81. The lowest BCUT2D eigenvalue weighted by Gasteiger charge is -2.32. The van der Waals surface area contributed by atoms with E-state index in [9.17, 15) is 9.59 Å². The number of carbonyl (C=O) groups is 2. The van der Waals surface area contributed by atoms with Crippen molar-refractivity contribution < 1.29 is 14.3 Å². The van der Waals surface area contributed by atoms with Gasteiger partial charge in [0.05, 0.1) is 13.5 Å². The number of carbonyl (C=O) groups excluding carboxylic acids is 2. The van der Waals surface area contributed by atoms with Crippen LogP contribution in [0.5, 0.6) is 5.75 Å². The van der Waals surface area contributed by atoms with Gasteiger partial charge in [0.2, 0.25) is 11.8 Å². The van der Waals surface area contributed by atoms with Crippen molar-refractivity contribution in [1.82, 2.24) is 10.2 Å². The summed E-state index contributed by atoms with van der Waals surface area (Å²) >= 11 is 6.18. The zero-order chi connectivity index (χ0) is 25.3. The molecule has 1 fully saturated rings. The number of nitrogens with one attached hydrogen (secondary N) is 1. The van der Waals surface area contributed by atoms with Gasteiger partial charge in [0.25, 0.3) is 0 Å². The number of amides is 2. The normalized spacial score (nSPS) is 14.3. The van der Waals surface area contributed by atoms with Crippen molar-refractivity contribution in [3.63, 3.8) is 0 Å². The van der Waals surface area contributed by atoms with Gasteiger partial charge in [-0.05, 0) is 53.8 Å². The van der Waals surface area contributed by atoms with E-state index in [-0.39, 0.29) is 24.3 Å². The Hall–Kier alpha value is -3.31. The Morgan fingerprint density at radius 2 is 1.64 bits per heavy atom. The lowest BCUT2D eigenvalue weighted by molar-refractivity contribution is -0.141. The van der Waals surface area contributed by atoms with Crippen LogP contribution >= 0.6 is 11.6 Å². The summed E-state index contributed by atoms with van der Waals surface area (Å²) in [7, 11) is 1.62. The minimum Gasteiger partial charge on any atom is -0.497 e. The first-order valence-corrected chi connectivity index (χ1v) is 12.9. The molecule has 3 aromatic carbocycles. The number of benzene rings is 3. The molecule has 0 saturated heterocycles. The SMILES string of the molecule is COc1cccc(CN(C(=O)Cc2cccc(Cl)c2)C(Cc2ccccc2)C(=O)NC2CCCC2)c1. The van der Waals surface area contributed by atoms with Gasteiger partial charge in [0.15, 0.2) is 0 Å². The minimum atomic E-state index is -0.647. The van der Waals surface area contributed by atoms with Crippen LogP contribution in [0.4, 0.5) is 0 Å². The molecule has 1 atom stereocenters. The van der Waals surface area contributed by atoms with E-state index in [0.29, 0.717) is 23.7 Å². The monoisotopic (exact) mass is 504 g/mol. The molecule has 1 aliphatic carbocycles. The highest BCUT2D eigenvalue weighted by molar-refractivity contribution is 6.30. The van der Waals surface area contributed by atoms with Crippen LogP contribution in [0.1, 0.15) is 42.4 Å². The van der Waals surface area contributed by atoms with Crippen molar-refractivity contribution in [2.24, 2.45) is 0 Å². The van der Waals surface area contributed by atoms with E-state index in [2.05, 4.69) is 5.32 Å². The van der Waals surface area contributed by atoms with Crippen molar-refractivity contribution in [2.45, 2.75) is 57.2 Å². The van der Waals surface area contributed by atoms with E-state index in [0.717, 1.165) is 42.4 Å². The average molecular weight is 505 g/mol. The predicted molar refractivity (Wildman–Crippen MR) is 143 cm³/mol. The molecule has 0 heterocycles. The molecule has 0 aromatic heterocycles. The van der Waals surface area contributed by atoms with Gasteiger partial charge in [-0.2, -0.15) is 0 Å². The van der Waals surface area contributed by atoms with E-state index >= 15 is 0 Å². The molecule has 0 aliphatic heterocycles. The molecule has 0 spiro atoms. The Bertz CT molecular complexity index is 1160. The van der Waals surface area contributed by atoms with Crippen LogP contribution in [0.2, 0.25) is 5.02 Å².